The van der Waals surface area contributed by atoms with Gasteiger partial charge < -0.3 is 5.73 Å². The Balaban J connectivity index is 3.05. The molecule has 0 saturated carbocycles. The van der Waals surface area contributed by atoms with Crippen LogP contribution >= 0.6 is 0 Å². The molecule has 0 aromatic carbocycles. The summed E-state index contributed by atoms with van der Waals surface area (Å²) in [6.07, 6.45) is 10.3. The fourth-order valence-electron chi connectivity index (χ4n) is 1.48. The van der Waals surface area contributed by atoms with Gasteiger partial charge in [-0.25, -0.2) is 5.48 Å². The molecule has 0 heterocycles. The molecule has 0 spiro atoms. The van der Waals surface area contributed by atoms with Crippen molar-refractivity contribution in [3.63, 3.8) is 0 Å². The second-order valence-electron chi connectivity index (χ2n) is 3.85. The van der Waals surface area contributed by atoms with Crippen LogP contribution in [0.4, 0.5) is 0 Å². The van der Waals surface area contributed by atoms with E-state index in [2.05, 4.69) is 11.9 Å². The average Bonchev–Trinajstić information content (AvgIpc) is 2.26. The Hall–Kier alpha value is -0.770. The third kappa shape index (κ3) is 11.2. The molecule has 0 radical (unpaired) electrons. The molecule has 0 aromatic rings. The van der Waals surface area contributed by atoms with E-state index >= 15 is 0 Å². The van der Waals surface area contributed by atoms with Gasteiger partial charge in [-0.15, -0.1) is 0 Å². The molecule has 0 fully saturated rings. The normalized spacial score (nSPS) is 11.7. The van der Waals surface area contributed by atoms with E-state index < -0.39 is 0 Å². The maximum absolute atomic E-state index is 8.35. The van der Waals surface area contributed by atoms with Gasteiger partial charge in [0.2, 0.25) is 5.96 Å². The topological polar surface area (TPSA) is 70.6 Å². The molecule has 15 heavy (non-hydrogen) atoms. The van der Waals surface area contributed by atoms with Crippen molar-refractivity contribution < 1.29 is 5.21 Å². The van der Waals surface area contributed by atoms with E-state index in [1.165, 1.54) is 44.9 Å². The molecule has 4 N–H and O–H groups in total. The van der Waals surface area contributed by atoms with E-state index in [0.29, 0.717) is 6.54 Å². The molecule has 0 unspecified atom stereocenters. The van der Waals surface area contributed by atoms with Crippen molar-refractivity contribution in [1.29, 1.82) is 0 Å². The zero-order valence-electron chi connectivity index (χ0n) is 9.84. The molecule has 0 aliphatic carbocycles. The van der Waals surface area contributed by atoms with E-state index in [1.807, 2.05) is 5.48 Å². The smallest absolute Gasteiger partial charge is 0.212 e. The van der Waals surface area contributed by atoms with Crippen LogP contribution in [-0.4, -0.2) is 17.7 Å². The summed E-state index contributed by atoms with van der Waals surface area (Å²) in [6, 6.07) is 0. The van der Waals surface area contributed by atoms with Gasteiger partial charge in [0, 0.05) is 6.54 Å². The number of rotatable bonds is 9. The fourth-order valence-corrected chi connectivity index (χ4v) is 1.48. The highest BCUT2D eigenvalue weighted by molar-refractivity contribution is 5.76. The molecule has 0 aromatic heterocycles. The quantitative estimate of drug-likeness (QED) is 0.239. The van der Waals surface area contributed by atoms with Gasteiger partial charge in [-0.2, -0.15) is 0 Å². The molecule has 4 nitrogen and oxygen atoms in total. The molecule has 90 valence electrons. The second-order valence-corrected chi connectivity index (χ2v) is 3.85. The number of unbranched alkanes of at least 4 members (excludes halogenated alkanes) is 7. The summed E-state index contributed by atoms with van der Waals surface area (Å²) in [5.74, 6) is 0.109. The summed E-state index contributed by atoms with van der Waals surface area (Å²) < 4.78 is 0. The lowest BCUT2D eigenvalue weighted by Gasteiger charge is -2.00. The fraction of sp³-hybridized carbons (Fsp3) is 0.909. The zero-order valence-corrected chi connectivity index (χ0v) is 9.84. The van der Waals surface area contributed by atoms with Gasteiger partial charge in [-0.05, 0) is 6.42 Å². The Bertz CT molecular complexity index is 160. The van der Waals surface area contributed by atoms with E-state index in [9.17, 15) is 0 Å². The molecule has 0 amide bonds. The third-order valence-electron chi connectivity index (χ3n) is 2.41. The number of hydrogen-bond acceptors (Lipinski definition) is 2. The molecular formula is C11H25N3O. The summed E-state index contributed by atoms with van der Waals surface area (Å²) in [5.41, 5.74) is 7.08. The molecule has 0 aliphatic rings. The number of guanidine groups is 1. The van der Waals surface area contributed by atoms with Crippen LogP contribution in [0.1, 0.15) is 58.3 Å². The predicted octanol–water partition coefficient (Wildman–Crippen LogP) is 2.42. The van der Waals surface area contributed by atoms with Crippen LogP contribution in [-0.2, 0) is 0 Å². The van der Waals surface area contributed by atoms with Gasteiger partial charge in [-0.3, -0.25) is 10.2 Å². The molecule has 0 rings (SSSR count). The summed E-state index contributed by atoms with van der Waals surface area (Å²) >= 11 is 0. The zero-order chi connectivity index (χ0) is 11.4. The van der Waals surface area contributed by atoms with E-state index in [4.69, 9.17) is 10.9 Å². The van der Waals surface area contributed by atoms with E-state index in [-0.39, 0.29) is 5.96 Å². The highest BCUT2D eigenvalue weighted by atomic mass is 16.5. The Kier molecular flexibility index (Phi) is 10.7. The monoisotopic (exact) mass is 215 g/mol. The first kappa shape index (κ1) is 14.2. The Morgan fingerprint density at radius 2 is 1.60 bits per heavy atom. The first-order valence-corrected chi connectivity index (χ1v) is 6.01. The van der Waals surface area contributed by atoms with Crippen LogP contribution in [0, 0.1) is 0 Å². The van der Waals surface area contributed by atoms with Gasteiger partial charge in [0.1, 0.15) is 0 Å². The molecule has 0 aliphatic heterocycles. The summed E-state index contributed by atoms with van der Waals surface area (Å²) in [6.45, 7) is 2.94. The van der Waals surface area contributed by atoms with Gasteiger partial charge in [0.05, 0.1) is 0 Å². The van der Waals surface area contributed by atoms with Gasteiger partial charge >= 0.3 is 0 Å². The molecule has 4 heteroatoms. The Morgan fingerprint density at radius 1 is 1.07 bits per heavy atom. The maximum Gasteiger partial charge on any atom is 0.212 e. The minimum absolute atomic E-state index is 0.109. The number of nitrogens with zero attached hydrogens (tertiary/aromatic N) is 1. The number of hydroxylamine groups is 1. The van der Waals surface area contributed by atoms with Crippen LogP contribution in [0.3, 0.4) is 0 Å². The Labute approximate surface area is 92.9 Å². The lowest BCUT2D eigenvalue weighted by molar-refractivity contribution is 0.232. The van der Waals surface area contributed by atoms with Gasteiger partial charge in [0.25, 0.3) is 0 Å². The highest BCUT2D eigenvalue weighted by Gasteiger charge is 1.91. The number of nitrogens with two attached hydrogens (primary N) is 1. The third-order valence-corrected chi connectivity index (χ3v) is 2.41. The molecule has 0 atom stereocenters. The maximum atomic E-state index is 8.35. The van der Waals surface area contributed by atoms with Crippen molar-refractivity contribution >= 4 is 5.96 Å². The van der Waals surface area contributed by atoms with Crippen molar-refractivity contribution in [2.24, 2.45) is 10.7 Å². The average molecular weight is 215 g/mol. The Morgan fingerprint density at radius 3 is 2.13 bits per heavy atom. The van der Waals surface area contributed by atoms with Crippen molar-refractivity contribution in [3.8, 4) is 0 Å². The molecule has 0 saturated heterocycles. The summed E-state index contributed by atoms with van der Waals surface area (Å²) in [5, 5.41) is 8.35. The minimum Gasteiger partial charge on any atom is -0.368 e. The molecule has 0 bridgehead atoms. The lowest BCUT2D eigenvalue weighted by atomic mass is 10.1. The van der Waals surface area contributed by atoms with Crippen molar-refractivity contribution in [3.05, 3.63) is 0 Å². The van der Waals surface area contributed by atoms with Gasteiger partial charge in [-0.1, -0.05) is 51.9 Å². The van der Waals surface area contributed by atoms with E-state index in [1.54, 1.807) is 0 Å². The van der Waals surface area contributed by atoms with Crippen molar-refractivity contribution in [2.75, 3.05) is 6.54 Å². The van der Waals surface area contributed by atoms with Crippen LogP contribution in [0.25, 0.3) is 0 Å². The first-order chi connectivity index (χ1) is 7.31. The number of hydrogen-bond donors (Lipinski definition) is 3. The second kappa shape index (κ2) is 11.3. The predicted molar refractivity (Wildman–Crippen MR) is 64.0 cm³/mol. The number of nitrogens with one attached hydrogen (secondary N) is 1. The summed E-state index contributed by atoms with van der Waals surface area (Å²) in [4.78, 5) is 3.92. The van der Waals surface area contributed by atoms with Crippen molar-refractivity contribution in [1.82, 2.24) is 5.48 Å². The first-order valence-electron chi connectivity index (χ1n) is 6.01. The van der Waals surface area contributed by atoms with Crippen LogP contribution in [0.15, 0.2) is 4.99 Å². The van der Waals surface area contributed by atoms with E-state index in [0.717, 1.165) is 6.42 Å². The van der Waals surface area contributed by atoms with Gasteiger partial charge in [0.15, 0.2) is 0 Å². The lowest BCUT2D eigenvalue weighted by Crippen LogP contribution is -2.28. The SMILES string of the molecule is CCCCCCCCCCN=C(N)NO. The largest absolute Gasteiger partial charge is 0.368 e. The standard InChI is InChI=1S/C11H25N3O/c1-2-3-4-5-6-7-8-9-10-13-11(12)14-15/h15H,2-10H2,1H3,(H3,12,13,14). The van der Waals surface area contributed by atoms with Crippen LogP contribution < -0.4 is 11.2 Å². The minimum atomic E-state index is 0.109. The molecular weight excluding hydrogens is 190 g/mol. The van der Waals surface area contributed by atoms with Crippen LogP contribution in [0.5, 0.6) is 0 Å². The van der Waals surface area contributed by atoms with Crippen LogP contribution in [0.2, 0.25) is 0 Å². The van der Waals surface area contributed by atoms with Crippen molar-refractivity contribution in [2.45, 2.75) is 58.3 Å². The number of aliphatic imine (C=N–C) groups is 1. The summed E-state index contributed by atoms with van der Waals surface area (Å²) in [7, 11) is 0. The highest BCUT2D eigenvalue weighted by Crippen LogP contribution is 2.08.